The predicted octanol–water partition coefficient (Wildman–Crippen LogP) is 4.98. The maximum atomic E-state index is 13.1. The number of amides is 3. The molecule has 3 aromatic carbocycles. The molecule has 1 aliphatic heterocycles. The molecule has 0 bridgehead atoms. The van der Waals surface area contributed by atoms with Gasteiger partial charge >= 0.3 is 0 Å². The largest absolute Gasteiger partial charge is 0.494 e. The van der Waals surface area contributed by atoms with Crippen molar-refractivity contribution in [2.75, 3.05) is 29.9 Å². The zero-order chi connectivity index (χ0) is 24.9. The quantitative estimate of drug-likeness (QED) is 0.445. The van der Waals surface area contributed by atoms with Crippen molar-refractivity contribution < 1.29 is 19.1 Å². The van der Waals surface area contributed by atoms with Gasteiger partial charge in [-0.05, 0) is 80.2 Å². The van der Waals surface area contributed by atoms with Crippen LogP contribution in [0, 0.1) is 0 Å². The summed E-state index contributed by atoms with van der Waals surface area (Å²) in [5.74, 6) is -0.546. The van der Waals surface area contributed by atoms with E-state index in [1.807, 2.05) is 31.2 Å². The van der Waals surface area contributed by atoms with E-state index in [-0.39, 0.29) is 17.0 Å². The van der Waals surface area contributed by atoms with E-state index < -0.39 is 11.8 Å². The molecule has 0 saturated carbocycles. The number of benzene rings is 3. The Morgan fingerprint density at radius 2 is 1.60 bits per heavy atom. The number of carbonyl (C=O) groups excluding carboxylic acids is 3. The Morgan fingerprint density at radius 1 is 0.886 bits per heavy atom. The van der Waals surface area contributed by atoms with Crippen molar-refractivity contribution in [3.63, 3.8) is 0 Å². The molecular formula is C28H29N3O4. The van der Waals surface area contributed by atoms with Crippen LogP contribution in [0.3, 0.4) is 0 Å². The molecule has 0 unspecified atom stereocenters. The first-order chi connectivity index (χ1) is 16.9. The zero-order valence-corrected chi connectivity index (χ0v) is 20.2. The van der Waals surface area contributed by atoms with E-state index in [0.717, 1.165) is 30.1 Å². The molecular weight excluding hydrogens is 442 g/mol. The van der Waals surface area contributed by atoms with E-state index in [0.29, 0.717) is 29.3 Å². The second-order valence-electron chi connectivity index (χ2n) is 8.25. The van der Waals surface area contributed by atoms with Gasteiger partial charge in [0.1, 0.15) is 5.75 Å². The Morgan fingerprint density at radius 3 is 2.29 bits per heavy atom. The SMILES string of the molecule is CCOc1ccc(N2C(=O)c3ccc(C(=O)Nc4cccc(CN(CC)CC)c4)cc3C2=O)cc1. The van der Waals surface area contributed by atoms with Gasteiger partial charge < -0.3 is 10.1 Å². The third-order valence-corrected chi connectivity index (χ3v) is 6.04. The lowest BCUT2D eigenvalue weighted by molar-refractivity contribution is 0.0925. The summed E-state index contributed by atoms with van der Waals surface area (Å²) >= 11 is 0. The zero-order valence-electron chi connectivity index (χ0n) is 20.2. The van der Waals surface area contributed by atoms with Crippen molar-refractivity contribution in [3.8, 4) is 5.75 Å². The normalized spacial score (nSPS) is 12.7. The number of carbonyl (C=O) groups is 3. The first-order valence-electron chi connectivity index (χ1n) is 11.8. The number of nitrogens with zero attached hydrogens (tertiary/aromatic N) is 2. The molecule has 180 valence electrons. The van der Waals surface area contributed by atoms with Gasteiger partial charge in [-0.1, -0.05) is 26.0 Å². The molecule has 7 nitrogen and oxygen atoms in total. The first-order valence-corrected chi connectivity index (χ1v) is 11.8. The van der Waals surface area contributed by atoms with Gasteiger partial charge in [0.2, 0.25) is 0 Å². The Balaban J connectivity index is 1.51. The second kappa shape index (κ2) is 10.5. The number of nitrogens with one attached hydrogen (secondary N) is 1. The Hall–Kier alpha value is -3.97. The molecule has 0 atom stereocenters. The van der Waals surface area contributed by atoms with Gasteiger partial charge in [0, 0.05) is 17.8 Å². The van der Waals surface area contributed by atoms with Gasteiger partial charge in [-0.3, -0.25) is 19.3 Å². The van der Waals surface area contributed by atoms with Crippen LogP contribution < -0.4 is 15.0 Å². The lowest BCUT2D eigenvalue weighted by atomic mass is 10.1. The highest BCUT2D eigenvalue weighted by atomic mass is 16.5. The molecule has 0 fully saturated rings. The van der Waals surface area contributed by atoms with Gasteiger partial charge in [-0.25, -0.2) is 4.90 Å². The predicted molar refractivity (Wildman–Crippen MR) is 136 cm³/mol. The summed E-state index contributed by atoms with van der Waals surface area (Å²) in [6.45, 7) is 9.34. The summed E-state index contributed by atoms with van der Waals surface area (Å²) in [6.07, 6.45) is 0. The van der Waals surface area contributed by atoms with Gasteiger partial charge in [0.25, 0.3) is 17.7 Å². The van der Waals surface area contributed by atoms with Crippen LogP contribution in [0.15, 0.2) is 66.7 Å². The minimum absolute atomic E-state index is 0.215. The van der Waals surface area contributed by atoms with Crippen LogP contribution in [0.1, 0.15) is 57.4 Å². The lowest BCUT2D eigenvalue weighted by Crippen LogP contribution is -2.29. The van der Waals surface area contributed by atoms with Crippen molar-refractivity contribution in [1.82, 2.24) is 4.90 Å². The van der Waals surface area contributed by atoms with Crippen molar-refractivity contribution in [1.29, 1.82) is 0 Å². The molecule has 7 heteroatoms. The summed E-state index contributed by atoms with van der Waals surface area (Å²) < 4.78 is 5.43. The summed E-state index contributed by atoms with van der Waals surface area (Å²) in [7, 11) is 0. The van der Waals surface area contributed by atoms with Crippen molar-refractivity contribution in [2.45, 2.75) is 27.3 Å². The summed E-state index contributed by atoms with van der Waals surface area (Å²) in [5, 5.41) is 2.91. The third-order valence-electron chi connectivity index (χ3n) is 6.04. The number of ether oxygens (including phenoxy) is 1. The molecule has 3 amide bonds. The molecule has 0 spiro atoms. The minimum atomic E-state index is -0.454. The van der Waals surface area contributed by atoms with E-state index in [4.69, 9.17) is 4.74 Å². The van der Waals surface area contributed by atoms with Crippen LogP contribution in [0.4, 0.5) is 11.4 Å². The monoisotopic (exact) mass is 471 g/mol. The Bertz CT molecular complexity index is 1250. The number of rotatable bonds is 9. The van der Waals surface area contributed by atoms with Crippen LogP contribution in [-0.2, 0) is 6.54 Å². The Labute approximate surface area is 205 Å². The van der Waals surface area contributed by atoms with E-state index in [1.54, 1.807) is 30.3 Å². The average molecular weight is 472 g/mol. The second-order valence-corrected chi connectivity index (χ2v) is 8.25. The average Bonchev–Trinajstić information content (AvgIpc) is 3.12. The maximum Gasteiger partial charge on any atom is 0.266 e. The smallest absolute Gasteiger partial charge is 0.266 e. The molecule has 3 aromatic rings. The number of anilines is 2. The fraction of sp³-hybridized carbons (Fsp3) is 0.250. The van der Waals surface area contributed by atoms with Gasteiger partial charge in [0.15, 0.2) is 0 Å². The highest BCUT2D eigenvalue weighted by Crippen LogP contribution is 2.30. The molecule has 35 heavy (non-hydrogen) atoms. The van der Waals surface area contributed by atoms with E-state index in [1.165, 1.54) is 12.1 Å². The van der Waals surface area contributed by atoms with Crippen molar-refractivity contribution in [3.05, 3.63) is 89.0 Å². The van der Waals surface area contributed by atoms with Crippen LogP contribution in [0.2, 0.25) is 0 Å². The lowest BCUT2D eigenvalue weighted by Gasteiger charge is -2.18. The first kappa shape index (κ1) is 24.2. The fourth-order valence-corrected chi connectivity index (χ4v) is 4.13. The molecule has 4 rings (SSSR count). The number of hydrogen-bond acceptors (Lipinski definition) is 5. The number of fused-ring (bicyclic) bond motifs is 1. The summed E-state index contributed by atoms with van der Waals surface area (Å²) in [5.41, 5.74) is 3.04. The van der Waals surface area contributed by atoms with E-state index >= 15 is 0 Å². The van der Waals surface area contributed by atoms with Crippen LogP contribution in [0.5, 0.6) is 5.75 Å². The van der Waals surface area contributed by atoms with Crippen molar-refractivity contribution >= 4 is 29.1 Å². The molecule has 1 N–H and O–H groups in total. The highest BCUT2D eigenvalue weighted by Gasteiger charge is 2.37. The molecule has 0 aliphatic carbocycles. The highest BCUT2D eigenvalue weighted by molar-refractivity contribution is 6.34. The molecule has 1 aliphatic rings. The number of hydrogen-bond donors (Lipinski definition) is 1. The minimum Gasteiger partial charge on any atom is -0.494 e. The van der Waals surface area contributed by atoms with Gasteiger partial charge in [-0.15, -0.1) is 0 Å². The van der Waals surface area contributed by atoms with E-state index in [9.17, 15) is 14.4 Å². The molecule has 0 saturated heterocycles. The van der Waals surface area contributed by atoms with Gasteiger partial charge in [-0.2, -0.15) is 0 Å². The molecule has 1 heterocycles. The third kappa shape index (κ3) is 5.10. The van der Waals surface area contributed by atoms with Crippen LogP contribution >= 0.6 is 0 Å². The van der Waals surface area contributed by atoms with Crippen LogP contribution in [0.25, 0.3) is 0 Å². The fourth-order valence-electron chi connectivity index (χ4n) is 4.13. The summed E-state index contributed by atoms with van der Waals surface area (Å²) in [6, 6.07) is 19.1. The van der Waals surface area contributed by atoms with Crippen LogP contribution in [-0.4, -0.2) is 42.3 Å². The van der Waals surface area contributed by atoms with E-state index in [2.05, 4.69) is 24.1 Å². The maximum absolute atomic E-state index is 13.1. The molecule has 0 radical (unpaired) electrons. The standard InChI is InChI=1S/C28H29N3O4/c1-4-30(5-2)18-19-8-7-9-21(16-19)29-26(32)20-10-15-24-25(17-20)28(34)31(27(24)33)22-11-13-23(14-12-22)35-6-3/h7-17H,4-6,18H2,1-3H3,(H,29,32). The van der Waals surface area contributed by atoms with Crippen molar-refractivity contribution in [2.24, 2.45) is 0 Å². The number of imide groups is 1. The molecule has 0 aromatic heterocycles. The van der Waals surface area contributed by atoms with Gasteiger partial charge in [0.05, 0.1) is 23.4 Å². The topological polar surface area (TPSA) is 79.0 Å². The Kier molecular flexibility index (Phi) is 7.27. The summed E-state index contributed by atoms with van der Waals surface area (Å²) in [4.78, 5) is 42.4.